The van der Waals surface area contributed by atoms with Crippen molar-refractivity contribution >= 4 is 22.9 Å². The van der Waals surface area contributed by atoms with E-state index in [1.54, 1.807) is 37.5 Å². The van der Waals surface area contributed by atoms with Crippen molar-refractivity contribution in [3.05, 3.63) is 77.2 Å². The lowest BCUT2D eigenvalue weighted by atomic mass is 9.74. The fourth-order valence-corrected chi connectivity index (χ4v) is 4.89. The molecular weight excluding hydrogens is 469 g/mol. The van der Waals surface area contributed by atoms with E-state index in [1.165, 1.54) is 18.3 Å². The van der Waals surface area contributed by atoms with E-state index in [0.29, 0.717) is 79.5 Å². The number of carboxylic acid groups (broad SMARTS) is 1. The van der Waals surface area contributed by atoms with E-state index in [9.17, 15) is 23.1 Å². The summed E-state index contributed by atoms with van der Waals surface area (Å²) in [5.41, 5.74) is 0.638. The number of nitrogens with zero attached hydrogens (tertiary/aromatic N) is 2. The molecule has 1 aliphatic heterocycles. The highest BCUT2D eigenvalue weighted by Gasteiger charge is 2.40. The first-order chi connectivity index (χ1) is 17.3. The molecule has 1 aliphatic rings. The number of aliphatic carboxylic acids is 1. The highest BCUT2D eigenvalue weighted by molar-refractivity contribution is 5.83. The number of carbonyl (C=O) groups is 1. The minimum atomic E-state index is -0.861. The number of likely N-dealkylation sites (tertiary alicyclic amines) is 1. The van der Waals surface area contributed by atoms with Crippen molar-refractivity contribution in [2.45, 2.75) is 32.1 Å². The van der Waals surface area contributed by atoms with Crippen LogP contribution >= 0.6 is 0 Å². The Balaban J connectivity index is 1.36. The van der Waals surface area contributed by atoms with Gasteiger partial charge in [-0.1, -0.05) is 12.2 Å². The predicted octanol–water partition coefficient (Wildman–Crippen LogP) is 5.86. The largest absolute Gasteiger partial charge is 0.497 e. The number of aromatic nitrogens is 1. The van der Waals surface area contributed by atoms with Crippen LogP contribution in [0.2, 0.25) is 0 Å². The van der Waals surface area contributed by atoms with Gasteiger partial charge >= 0.3 is 5.97 Å². The second-order valence-corrected chi connectivity index (χ2v) is 9.28. The zero-order valence-electron chi connectivity index (χ0n) is 20.1. The van der Waals surface area contributed by atoms with Crippen molar-refractivity contribution in [3.63, 3.8) is 0 Å². The molecule has 190 valence electrons. The van der Waals surface area contributed by atoms with Crippen LogP contribution in [0.1, 0.15) is 36.8 Å². The van der Waals surface area contributed by atoms with E-state index in [2.05, 4.69) is 9.88 Å². The fraction of sp³-hybridized carbons (Fsp3) is 0.357. The Hall–Kier alpha value is -3.39. The van der Waals surface area contributed by atoms with Crippen LogP contribution in [0.15, 0.2) is 48.7 Å². The summed E-state index contributed by atoms with van der Waals surface area (Å²) in [4.78, 5) is 18.5. The molecule has 0 unspecified atom stereocenters. The van der Waals surface area contributed by atoms with Gasteiger partial charge in [-0.2, -0.15) is 0 Å². The van der Waals surface area contributed by atoms with Crippen LogP contribution in [0, 0.1) is 22.9 Å². The molecule has 1 aromatic heterocycles. The number of hydrogen-bond donors (Lipinski definition) is 1. The van der Waals surface area contributed by atoms with Crippen LogP contribution < -0.4 is 4.74 Å². The average Bonchev–Trinajstić information content (AvgIpc) is 2.87. The molecule has 5 nitrogen and oxygen atoms in total. The lowest BCUT2D eigenvalue weighted by molar-refractivity contribution is -0.152. The third kappa shape index (κ3) is 5.70. The summed E-state index contributed by atoms with van der Waals surface area (Å²) in [5, 5.41) is 10.7. The number of pyridine rings is 1. The van der Waals surface area contributed by atoms with Crippen molar-refractivity contribution in [1.82, 2.24) is 9.88 Å². The normalized spacial score (nSPS) is 16.0. The van der Waals surface area contributed by atoms with Gasteiger partial charge in [0.15, 0.2) is 0 Å². The summed E-state index contributed by atoms with van der Waals surface area (Å²) in [6.07, 6.45) is 6.96. The Morgan fingerprint density at radius 1 is 1.14 bits per heavy atom. The van der Waals surface area contributed by atoms with Gasteiger partial charge in [-0.05, 0) is 81.1 Å². The van der Waals surface area contributed by atoms with Crippen LogP contribution in [-0.2, 0) is 11.2 Å². The van der Waals surface area contributed by atoms with Crippen molar-refractivity contribution in [1.29, 1.82) is 0 Å². The third-order valence-corrected chi connectivity index (χ3v) is 7.11. The first-order valence-electron chi connectivity index (χ1n) is 12.0. The van der Waals surface area contributed by atoms with Gasteiger partial charge in [0.05, 0.1) is 24.2 Å². The maximum Gasteiger partial charge on any atom is 0.309 e. The van der Waals surface area contributed by atoms with Gasteiger partial charge in [-0.3, -0.25) is 14.7 Å². The topological polar surface area (TPSA) is 62.7 Å². The minimum absolute atomic E-state index is 0.307. The van der Waals surface area contributed by atoms with Gasteiger partial charge in [0, 0.05) is 23.6 Å². The molecule has 1 fully saturated rings. The molecule has 2 heterocycles. The van der Waals surface area contributed by atoms with Gasteiger partial charge < -0.3 is 9.84 Å². The number of aryl methyl sites for hydroxylation is 1. The molecule has 36 heavy (non-hydrogen) atoms. The summed E-state index contributed by atoms with van der Waals surface area (Å²) >= 11 is 0. The van der Waals surface area contributed by atoms with Crippen molar-refractivity contribution in [2.75, 3.05) is 26.7 Å². The van der Waals surface area contributed by atoms with Crippen LogP contribution in [0.3, 0.4) is 0 Å². The van der Waals surface area contributed by atoms with E-state index in [1.807, 2.05) is 0 Å². The first kappa shape index (κ1) is 25.7. The third-order valence-electron chi connectivity index (χ3n) is 7.11. The van der Waals surface area contributed by atoms with Gasteiger partial charge in [0.2, 0.25) is 0 Å². The molecule has 0 saturated carbocycles. The second kappa shape index (κ2) is 11.1. The fourth-order valence-electron chi connectivity index (χ4n) is 4.89. The Kier molecular flexibility index (Phi) is 7.94. The molecule has 2 aromatic carbocycles. The molecule has 0 spiro atoms. The van der Waals surface area contributed by atoms with E-state index in [-0.39, 0.29) is 0 Å². The Morgan fingerprint density at radius 3 is 2.61 bits per heavy atom. The van der Waals surface area contributed by atoms with Crippen LogP contribution in [0.5, 0.6) is 5.75 Å². The number of ether oxygens (including phenoxy) is 1. The minimum Gasteiger partial charge on any atom is -0.497 e. The smallest absolute Gasteiger partial charge is 0.309 e. The summed E-state index contributed by atoms with van der Waals surface area (Å²) < 4.78 is 46.8. The Morgan fingerprint density at radius 2 is 1.92 bits per heavy atom. The predicted molar refractivity (Wildman–Crippen MR) is 132 cm³/mol. The number of rotatable bonds is 9. The Labute approximate surface area is 208 Å². The van der Waals surface area contributed by atoms with Gasteiger partial charge in [-0.25, -0.2) is 13.2 Å². The molecule has 1 N–H and O–H groups in total. The zero-order chi connectivity index (χ0) is 25.7. The summed E-state index contributed by atoms with van der Waals surface area (Å²) in [6.45, 7) is 1.72. The Bertz CT molecular complexity index is 1270. The van der Waals surface area contributed by atoms with Crippen LogP contribution in [0.25, 0.3) is 17.0 Å². The highest BCUT2D eigenvalue weighted by Crippen LogP contribution is 2.37. The van der Waals surface area contributed by atoms with E-state index < -0.39 is 28.8 Å². The number of hydrogen-bond acceptors (Lipinski definition) is 4. The molecule has 0 radical (unpaired) electrons. The standard InChI is InChI=1S/C28H29F3N2O3/c1-36-21-8-9-26-23(17-21)22(25(31)18-32-26)5-2-10-28(27(34)35)11-14-33(15-12-28)13-3-4-19-6-7-20(29)16-24(19)30/h3-4,6-9,16-18H,2,5,10-15H2,1H3,(H,34,35)/b4-3+. The molecule has 1 saturated heterocycles. The average molecular weight is 499 g/mol. The maximum absolute atomic E-state index is 14.6. The van der Waals surface area contributed by atoms with E-state index in [4.69, 9.17) is 4.74 Å². The lowest BCUT2D eigenvalue weighted by Gasteiger charge is -2.38. The van der Waals surface area contributed by atoms with Gasteiger partial charge in [0.1, 0.15) is 23.2 Å². The number of benzene rings is 2. The molecule has 8 heteroatoms. The molecule has 4 rings (SSSR count). The van der Waals surface area contributed by atoms with E-state index >= 15 is 0 Å². The van der Waals surface area contributed by atoms with Crippen molar-refractivity contribution in [2.24, 2.45) is 5.41 Å². The highest BCUT2D eigenvalue weighted by atomic mass is 19.1. The SMILES string of the molecule is COc1ccc2ncc(F)c(CCCC3(C(=O)O)CCN(C/C=C/c4ccc(F)cc4F)CC3)c2c1. The quantitative estimate of drug-likeness (QED) is 0.400. The van der Waals surface area contributed by atoms with Crippen molar-refractivity contribution < 1.29 is 27.8 Å². The summed E-state index contributed by atoms with van der Waals surface area (Å²) in [5.74, 6) is -1.86. The van der Waals surface area contributed by atoms with Gasteiger partial charge in [0.25, 0.3) is 0 Å². The number of carboxylic acids is 1. The summed E-state index contributed by atoms with van der Waals surface area (Å²) in [7, 11) is 1.55. The number of methoxy groups -OCH3 is 1. The van der Waals surface area contributed by atoms with Gasteiger partial charge in [-0.15, -0.1) is 0 Å². The van der Waals surface area contributed by atoms with Crippen LogP contribution in [0.4, 0.5) is 13.2 Å². The molecule has 0 bridgehead atoms. The maximum atomic E-state index is 14.6. The monoisotopic (exact) mass is 498 g/mol. The van der Waals surface area contributed by atoms with Crippen LogP contribution in [-0.4, -0.2) is 47.7 Å². The van der Waals surface area contributed by atoms with E-state index in [0.717, 1.165) is 6.07 Å². The number of halogens is 3. The zero-order valence-corrected chi connectivity index (χ0v) is 20.1. The molecule has 0 aliphatic carbocycles. The molecule has 0 amide bonds. The second-order valence-electron chi connectivity index (χ2n) is 9.28. The number of fused-ring (bicyclic) bond motifs is 1. The number of piperidine rings is 1. The van der Waals surface area contributed by atoms with Crippen molar-refractivity contribution in [3.8, 4) is 5.75 Å². The summed E-state index contributed by atoms with van der Waals surface area (Å²) in [6, 6.07) is 8.76. The molecular formula is C28H29F3N2O3. The molecule has 3 aromatic rings. The first-order valence-corrected chi connectivity index (χ1v) is 12.0. The lowest BCUT2D eigenvalue weighted by Crippen LogP contribution is -2.44. The molecule has 0 atom stereocenters.